The lowest BCUT2D eigenvalue weighted by Gasteiger charge is -2.23. The molecule has 1 aromatic rings. The molecule has 94 valence electrons. The molecule has 0 aliphatic heterocycles. The largest absolute Gasteiger partial charge is 0.299 e. The van der Waals surface area contributed by atoms with Crippen LogP contribution in [0.25, 0.3) is 0 Å². The first-order chi connectivity index (χ1) is 8.26. The van der Waals surface area contributed by atoms with Gasteiger partial charge in [-0.1, -0.05) is 26.7 Å². The van der Waals surface area contributed by atoms with Crippen molar-refractivity contribution in [3.8, 4) is 0 Å². The Morgan fingerprint density at radius 3 is 2.94 bits per heavy atom. The second kappa shape index (κ2) is 5.81. The van der Waals surface area contributed by atoms with Crippen molar-refractivity contribution in [2.75, 3.05) is 0 Å². The lowest BCUT2D eigenvalue weighted by molar-refractivity contribution is -0.121. The molecule has 0 fully saturated rings. The van der Waals surface area contributed by atoms with Gasteiger partial charge in [0.05, 0.1) is 0 Å². The molecule has 0 bridgehead atoms. The molecule has 0 spiro atoms. The van der Waals surface area contributed by atoms with E-state index < -0.39 is 0 Å². The summed E-state index contributed by atoms with van der Waals surface area (Å²) in [6.45, 7) is 4.39. The van der Waals surface area contributed by atoms with Crippen LogP contribution in [0.2, 0.25) is 0 Å². The SMILES string of the molecule is CCC(CC)CC(=O)C1CCCc2sccc21. The van der Waals surface area contributed by atoms with Crippen LogP contribution in [0.15, 0.2) is 11.4 Å². The Labute approximate surface area is 108 Å². The fraction of sp³-hybridized carbons (Fsp3) is 0.667. The summed E-state index contributed by atoms with van der Waals surface area (Å²) in [4.78, 5) is 13.8. The van der Waals surface area contributed by atoms with Crippen LogP contribution in [0.4, 0.5) is 0 Å². The molecule has 1 heterocycles. The molecule has 0 aromatic carbocycles. The van der Waals surface area contributed by atoms with E-state index in [2.05, 4.69) is 25.3 Å². The highest BCUT2D eigenvalue weighted by atomic mass is 32.1. The Kier molecular flexibility index (Phi) is 4.38. The molecule has 1 atom stereocenters. The van der Waals surface area contributed by atoms with Crippen LogP contribution < -0.4 is 0 Å². The fourth-order valence-corrected chi connectivity index (χ4v) is 3.81. The summed E-state index contributed by atoms with van der Waals surface area (Å²) in [5.74, 6) is 1.29. The summed E-state index contributed by atoms with van der Waals surface area (Å²) >= 11 is 1.82. The number of fused-ring (bicyclic) bond motifs is 1. The molecular formula is C15H22OS. The van der Waals surface area contributed by atoms with Crippen molar-refractivity contribution in [1.29, 1.82) is 0 Å². The van der Waals surface area contributed by atoms with Gasteiger partial charge in [-0.2, -0.15) is 0 Å². The van der Waals surface area contributed by atoms with Crippen LogP contribution in [-0.2, 0) is 11.2 Å². The molecule has 0 saturated carbocycles. The number of aryl methyl sites for hydroxylation is 1. The van der Waals surface area contributed by atoms with E-state index in [0.29, 0.717) is 11.7 Å². The zero-order chi connectivity index (χ0) is 12.3. The minimum Gasteiger partial charge on any atom is -0.299 e. The van der Waals surface area contributed by atoms with Crippen LogP contribution in [0.1, 0.15) is 62.3 Å². The molecule has 1 aromatic heterocycles. The zero-order valence-corrected chi connectivity index (χ0v) is 11.7. The Morgan fingerprint density at radius 1 is 1.47 bits per heavy atom. The third-order valence-corrected chi connectivity index (χ3v) is 5.08. The lowest BCUT2D eigenvalue weighted by Crippen LogP contribution is -2.19. The van der Waals surface area contributed by atoms with Crippen LogP contribution >= 0.6 is 11.3 Å². The predicted molar refractivity (Wildman–Crippen MR) is 73.7 cm³/mol. The van der Waals surface area contributed by atoms with E-state index in [1.165, 1.54) is 23.3 Å². The molecule has 0 N–H and O–H groups in total. The summed E-state index contributed by atoms with van der Waals surface area (Å²) in [6.07, 6.45) is 6.49. The van der Waals surface area contributed by atoms with Crippen molar-refractivity contribution in [2.24, 2.45) is 5.92 Å². The monoisotopic (exact) mass is 250 g/mol. The summed E-state index contributed by atoms with van der Waals surface area (Å²) in [6, 6.07) is 2.18. The normalized spacial score (nSPS) is 19.4. The van der Waals surface area contributed by atoms with Crippen molar-refractivity contribution in [2.45, 2.75) is 58.3 Å². The standard InChI is InChI=1S/C15H22OS/c1-3-11(4-2)10-14(16)12-6-5-7-15-13(12)8-9-17-15/h8-9,11-12H,3-7,10H2,1-2H3. The maximum atomic E-state index is 12.4. The number of thiophene rings is 1. The smallest absolute Gasteiger partial charge is 0.140 e. The van der Waals surface area contributed by atoms with Crippen LogP contribution in [0, 0.1) is 5.92 Å². The molecule has 1 nitrogen and oxygen atoms in total. The molecule has 17 heavy (non-hydrogen) atoms. The van der Waals surface area contributed by atoms with E-state index in [9.17, 15) is 4.79 Å². The summed E-state index contributed by atoms with van der Waals surface area (Å²) < 4.78 is 0. The van der Waals surface area contributed by atoms with Crippen LogP contribution in [0.5, 0.6) is 0 Å². The van der Waals surface area contributed by atoms with Gasteiger partial charge in [0.1, 0.15) is 5.78 Å². The summed E-state index contributed by atoms with van der Waals surface area (Å²) in [7, 11) is 0. The minimum atomic E-state index is 0.214. The van der Waals surface area contributed by atoms with Crippen molar-refractivity contribution in [1.82, 2.24) is 0 Å². The van der Waals surface area contributed by atoms with E-state index in [1.54, 1.807) is 0 Å². The number of hydrogen-bond acceptors (Lipinski definition) is 2. The minimum absolute atomic E-state index is 0.214. The molecule has 0 saturated heterocycles. The van der Waals surface area contributed by atoms with Crippen molar-refractivity contribution >= 4 is 17.1 Å². The van der Waals surface area contributed by atoms with Crippen LogP contribution in [0.3, 0.4) is 0 Å². The van der Waals surface area contributed by atoms with Gasteiger partial charge in [-0.3, -0.25) is 4.79 Å². The quantitative estimate of drug-likeness (QED) is 0.748. The van der Waals surface area contributed by atoms with Gasteiger partial charge in [-0.15, -0.1) is 11.3 Å². The second-order valence-electron chi connectivity index (χ2n) is 5.10. The zero-order valence-electron chi connectivity index (χ0n) is 10.9. The van der Waals surface area contributed by atoms with E-state index in [0.717, 1.165) is 25.7 Å². The third kappa shape index (κ3) is 2.79. The van der Waals surface area contributed by atoms with Crippen molar-refractivity contribution in [3.63, 3.8) is 0 Å². The van der Waals surface area contributed by atoms with Crippen molar-refractivity contribution < 1.29 is 4.79 Å². The van der Waals surface area contributed by atoms with Gasteiger partial charge in [0.15, 0.2) is 0 Å². The van der Waals surface area contributed by atoms with Gasteiger partial charge >= 0.3 is 0 Å². The van der Waals surface area contributed by atoms with Gasteiger partial charge < -0.3 is 0 Å². The van der Waals surface area contributed by atoms with Gasteiger partial charge in [0.2, 0.25) is 0 Å². The Balaban J connectivity index is 2.07. The Morgan fingerprint density at radius 2 is 2.24 bits per heavy atom. The topological polar surface area (TPSA) is 17.1 Å². The molecular weight excluding hydrogens is 228 g/mol. The number of rotatable bonds is 5. The summed E-state index contributed by atoms with van der Waals surface area (Å²) in [5.41, 5.74) is 1.34. The molecule has 0 radical (unpaired) electrons. The first-order valence-corrected chi connectivity index (χ1v) is 7.73. The molecule has 2 heteroatoms. The number of Topliss-reactive ketones (excluding diaryl/α,β-unsaturated/α-hetero) is 1. The first kappa shape index (κ1) is 12.8. The predicted octanol–water partition coefficient (Wildman–Crippen LogP) is 4.56. The Bertz CT molecular complexity index is 376. The van der Waals surface area contributed by atoms with E-state index in [4.69, 9.17) is 0 Å². The average Bonchev–Trinajstić information content (AvgIpc) is 2.83. The second-order valence-corrected chi connectivity index (χ2v) is 6.10. The number of ketones is 1. The molecule has 2 rings (SSSR count). The maximum Gasteiger partial charge on any atom is 0.140 e. The Hall–Kier alpha value is -0.630. The van der Waals surface area contributed by atoms with Crippen LogP contribution in [-0.4, -0.2) is 5.78 Å². The van der Waals surface area contributed by atoms with Gasteiger partial charge in [-0.05, 0) is 42.2 Å². The lowest BCUT2D eigenvalue weighted by atomic mass is 9.81. The highest BCUT2D eigenvalue weighted by molar-refractivity contribution is 7.10. The number of hydrogen-bond donors (Lipinski definition) is 0. The highest BCUT2D eigenvalue weighted by Gasteiger charge is 2.27. The number of carbonyl (C=O) groups is 1. The molecule has 1 unspecified atom stereocenters. The van der Waals surface area contributed by atoms with Gasteiger partial charge in [-0.25, -0.2) is 0 Å². The van der Waals surface area contributed by atoms with E-state index in [-0.39, 0.29) is 5.92 Å². The van der Waals surface area contributed by atoms with E-state index >= 15 is 0 Å². The molecule has 0 amide bonds. The average molecular weight is 250 g/mol. The fourth-order valence-electron chi connectivity index (χ4n) is 2.82. The van der Waals surface area contributed by atoms with Crippen molar-refractivity contribution in [3.05, 3.63) is 21.9 Å². The van der Waals surface area contributed by atoms with E-state index in [1.807, 2.05) is 11.3 Å². The maximum absolute atomic E-state index is 12.4. The molecule has 1 aliphatic rings. The summed E-state index contributed by atoms with van der Waals surface area (Å²) in [5, 5.41) is 2.15. The first-order valence-electron chi connectivity index (χ1n) is 6.85. The molecule has 1 aliphatic carbocycles. The third-order valence-electron chi connectivity index (χ3n) is 4.09. The highest BCUT2D eigenvalue weighted by Crippen LogP contribution is 2.36. The number of carbonyl (C=O) groups excluding carboxylic acids is 1. The van der Waals surface area contributed by atoms with Gasteiger partial charge in [0, 0.05) is 17.2 Å². The van der Waals surface area contributed by atoms with Gasteiger partial charge in [0.25, 0.3) is 0 Å².